The van der Waals surface area contributed by atoms with Crippen molar-refractivity contribution in [2.45, 2.75) is 52.0 Å². The van der Waals surface area contributed by atoms with Crippen LogP contribution in [0.15, 0.2) is 18.5 Å². The Morgan fingerprint density at radius 3 is 3.05 bits per heavy atom. The minimum atomic E-state index is -0.00389. The third-order valence-electron chi connectivity index (χ3n) is 3.90. The molecule has 20 heavy (non-hydrogen) atoms. The van der Waals surface area contributed by atoms with Crippen molar-refractivity contribution < 1.29 is 4.79 Å². The highest BCUT2D eigenvalue weighted by Gasteiger charge is 2.22. The van der Waals surface area contributed by atoms with Gasteiger partial charge in [-0.25, -0.2) is 0 Å². The number of anilines is 1. The maximum Gasteiger partial charge on any atom is 0.255 e. The maximum absolute atomic E-state index is 12.4. The fraction of sp³-hybridized carbons (Fsp3) is 0.625. The van der Waals surface area contributed by atoms with Gasteiger partial charge in [0.2, 0.25) is 0 Å². The summed E-state index contributed by atoms with van der Waals surface area (Å²) in [6.45, 7) is 5.23. The van der Waals surface area contributed by atoms with Crippen LogP contribution in [0.2, 0.25) is 0 Å². The van der Waals surface area contributed by atoms with E-state index in [1.165, 1.54) is 12.8 Å². The SMILES string of the molecule is CCCNc1ccncc1C(=O)NC1CCCC(C)C1. The summed E-state index contributed by atoms with van der Waals surface area (Å²) in [5.74, 6) is 0.705. The molecule has 1 heterocycles. The summed E-state index contributed by atoms with van der Waals surface area (Å²) in [6.07, 6.45) is 9.07. The van der Waals surface area contributed by atoms with Crippen LogP contribution in [0, 0.1) is 5.92 Å². The largest absolute Gasteiger partial charge is 0.384 e. The van der Waals surface area contributed by atoms with Gasteiger partial charge in [-0.3, -0.25) is 9.78 Å². The van der Waals surface area contributed by atoms with Crippen LogP contribution in [0.1, 0.15) is 56.3 Å². The van der Waals surface area contributed by atoms with Gasteiger partial charge in [-0.15, -0.1) is 0 Å². The minimum Gasteiger partial charge on any atom is -0.384 e. The molecule has 4 heteroatoms. The van der Waals surface area contributed by atoms with Crippen molar-refractivity contribution in [2.75, 3.05) is 11.9 Å². The Morgan fingerprint density at radius 1 is 1.45 bits per heavy atom. The number of hydrogen-bond donors (Lipinski definition) is 2. The lowest BCUT2D eigenvalue weighted by Gasteiger charge is -2.27. The second kappa shape index (κ2) is 7.27. The third-order valence-corrected chi connectivity index (χ3v) is 3.90. The average Bonchev–Trinajstić information content (AvgIpc) is 2.45. The number of nitrogens with one attached hydrogen (secondary N) is 2. The van der Waals surface area contributed by atoms with Gasteiger partial charge in [0.25, 0.3) is 5.91 Å². The summed E-state index contributed by atoms with van der Waals surface area (Å²) in [5.41, 5.74) is 1.53. The molecule has 2 atom stereocenters. The van der Waals surface area contributed by atoms with E-state index in [-0.39, 0.29) is 5.91 Å². The van der Waals surface area contributed by atoms with Crippen LogP contribution in [0.5, 0.6) is 0 Å². The molecule has 4 nitrogen and oxygen atoms in total. The first-order chi connectivity index (χ1) is 9.70. The van der Waals surface area contributed by atoms with Gasteiger partial charge in [0.1, 0.15) is 0 Å². The lowest BCUT2D eigenvalue weighted by atomic mass is 9.87. The van der Waals surface area contributed by atoms with Crippen LogP contribution in [0.3, 0.4) is 0 Å². The lowest BCUT2D eigenvalue weighted by Crippen LogP contribution is -2.38. The van der Waals surface area contributed by atoms with Gasteiger partial charge in [-0.05, 0) is 31.2 Å². The van der Waals surface area contributed by atoms with Crippen molar-refractivity contribution in [3.8, 4) is 0 Å². The van der Waals surface area contributed by atoms with Crippen LogP contribution in [-0.4, -0.2) is 23.5 Å². The van der Waals surface area contributed by atoms with E-state index in [1.807, 2.05) is 6.07 Å². The van der Waals surface area contributed by atoms with Crippen molar-refractivity contribution in [3.05, 3.63) is 24.0 Å². The smallest absolute Gasteiger partial charge is 0.255 e. The summed E-state index contributed by atoms with van der Waals surface area (Å²) < 4.78 is 0. The lowest BCUT2D eigenvalue weighted by molar-refractivity contribution is 0.0922. The van der Waals surface area contributed by atoms with Gasteiger partial charge >= 0.3 is 0 Å². The Bertz CT molecular complexity index is 447. The number of pyridine rings is 1. The highest BCUT2D eigenvalue weighted by atomic mass is 16.1. The van der Waals surface area contributed by atoms with Crippen molar-refractivity contribution >= 4 is 11.6 Å². The predicted octanol–water partition coefficient (Wildman–Crippen LogP) is 3.21. The highest BCUT2D eigenvalue weighted by Crippen LogP contribution is 2.24. The van der Waals surface area contributed by atoms with Gasteiger partial charge < -0.3 is 10.6 Å². The molecule has 0 radical (unpaired) electrons. The number of amides is 1. The Morgan fingerprint density at radius 2 is 2.30 bits per heavy atom. The maximum atomic E-state index is 12.4. The molecule has 0 spiro atoms. The molecule has 2 rings (SSSR count). The van der Waals surface area contributed by atoms with E-state index in [2.05, 4.69) is 29.5 Å². The fourth-order valence-electron chi connectivity index (χ4n) is 2.82. The molecule has 1 aliphatic carbocycles. The molecular formula is C16H25N3O. The van der Waals surface area contributed by atoms with Gasteiger partial charge in [0, 0.05) is 25.0 Å². The summed E-state index contributed by atoms with van der Waals surface area (Å²) in [4.78, 5) is 16.5. The number of hydrogen-bond acceptors (Lipinski definition) is 3. The minimum absolute atomic E-state index is 0.00389. The summed E-state index contributed by atoms with van der Waals surface area (Å²) in [6, 6.07) is 2.18. The third kappa shape index (κ3) is 3.95. The van der Waals surface area contributed by atoms with Crippen molar-refractivity contribution in [1.82, 2.24) is 10.3 Å². The standard InChI is InChI=1S/C16H25N3O/c1-3-8-18-15-7-9-17-11-14(15)16(20)19-13-6-4-5-12(2)10-13/h7,9,11-13H,3-6,8,10H2,1-2H3,(H,17,18)(H,19,20). The summed E-state index contributed by atoms with van der Waals surface area (Å²) in [5, 5.41) is 6.45. The number of carbonyl (C=O) groups excluding carboxylic acids is 1. The van der Waals surface area contributed by atoms with E-state index in [1.54, 1.807) is 12.4 Å². The Hall–Kier alpha value is -1.58. The van der Waals surface area contributed by atoms with Crippen molar-refractivity contribution in [1.29, 1.82) is 0 Å². The zero-order valence-corrected chi connectivity index (χ0v) is 12.5. The zero-order chi connectivity index (χ0) is 14.4. The molecule has 2 N–H and O–H groups in total. The second-order valence-corrected chi connectivity index (χ2v) is 5.79. The topological polar surface area (TPSA) is 54.0 Å². The van der Waals surface area contributed by atoms with E-state index < -0.39 is 0 Å². The Labute approximate surface area is 121 Å². The monoisotopic (exact) mass is 275 g/mol. The number of aromatic nitrogens is 1. The van der Waals surface area contributed by atoms with E-state index in [9.17, 15) is 4.79 Å². The molecule has 0 aromatic carbocycles. The number of rotatable bonds is 5. The molecule has 1 fully saturated rings. The first-order valence-corrected chi connectivity index (χ1v) is 7.69. The summed E-state index contributed by atoms with van der Waals surface area (Å²) in [7, 11) is 0. The first kappa shape index (κ1) is 14.8. The molecule has 110 valence electrons. The molecule has 1 aliphatic rings. The molecule has 2 unspecified atom stereocenters. The molecule has 0 saturated heterocycles. The Kier molecular flexibility index (Phi) is 5.39. The summed E-state index contributed by atoms with van der Waals surface area (Å²) >= 11 is 0. The number of carbonyl (C=O) groups is 1. The van der Waals surface area contributed by atoms with E-state index >= 15 is 0 Å². The molecule has 0 bridgehead atoms. The van der Waals surface area contributed by atoms with Crippen LogP contribution >= 0.6 is 0 Å². The Balaban J connectivity index is 2.01. The van der Waals surface area contributed by atoms with Gasteiger partial charge in [-0.1, -0.05) is 26.7 Å². The van der Waals surface area contributed by atoms with Crippen LogP contribution in [0.4, 0.5) is 5.69 Å². The van der Waals surface area contributed by atoms with Crippen LogP contribution in [0.25, 0.3) is 0 Å². The molecule has 1 aromatic rings. The van der Waals surface area contributed by atoms with Gasteiger partial charge in [0.15, 0.2) is 0 Å². The predicted molar refractivity (Wildman–Crippen MR) is 81.9 cm³/mol. The average molecular weight is 275 g/mol. The van der Waals surface area contributed by atoms with E-state index in [0.29, 0.717) is 17.5 Å². The quantitative estimate of drug-likeness (QED) is 0.867. The highest BCUT2D eigenvalue weighted by molar-refractivity contribution is 5.99. The van der Waals surface area contributed by atoms with E-state index in [4.69, 9.17) is 0 Å². The van der Waals surface area contributed by atoms with E-state index in [0.717, 1.165) is 31.5 Å². The molecule has 1 amide bonds. The van der Waals surface area contributed by atoms with Gasteiger partial charge in [0.05, 0.1) is 11.3 Å². The van der Waals surface area contributed by atoms with Crippen LogP contribution < -0.4 is 10.6 Å². The molecule has 1 aromatic heterocycles. The second-order valence-electron chi connectivity index (χ2n) is 5.79. The first-order valence-electron chi connectivity index (χ1n) is 7.69. The van der Waals surface area contributed by atoms with Gasteiger partial charge in [-0.2, -0.15) is 0 Å². The van der Waals surface area contributed by atoms with Crippen molar-refractivity contribution in [3.63, 3.8) is 0 Å². The zero-order valence-electron chi connectivity index (χ0n) is 12.5. The molecule has 0 aliphatic heterocycles. The molecule has 1 saturated carbocycles. The number of nitrogens with zero attached hydrogens (tertiary/aromatic N) is 1. The normalized spacial score (nSPS) is 22.3. The van der Waals surface area contributed by atoms with Crippen molar-refractivity contribution in [2.24, 2.45) is 5.92 Å². The molecular weight excluding hydrogens is 250 g/mol. The fourth-order valence-corrected chi connectivity index (χ4v) is 2.82. The van der Waals surface area contributed by atoms with Crippen LogP contribution in [-0.2, 0) is 0 Å².